The molecule has 0 unspecified atom stereocenters. The maximum atomic E-state index is 2.75. The molecule has 0 spiro atoms. The number of anilines is 6. The summed E-state index contributed by atoms with van der Waals surface area (Å²) in [6, 6.07) is 84.1. The van der Waals surface area contributed by atoms with E-state index >= 15 is 0 Å². The normalized spacial score (nSPS) is 13.2. The number of aryl methyl sites for hydroxylation is 2. The topological polar surface area (TPSA) is 16.3 Å². The molecule has 0 amide bonds. The van der Waals surface area contributed by atoms with Crippen LogP contribution in [0.4, 0.5) is 34.1 Å². The van der Waals surface area contributed by atoms with Gasteiger partial charge < -0.3 is 18.9 Å². The number of para-hydroxylation sites is 4. The van der Waals surface area contributed by atoms with E-state index in [0.29, 0.717) is 0 Å². The molecule has 0 radical (unpaired) electrons. The van der Waals surface area contributed by atoms with Crippen LogP contribution in [0.1, 0.15) is 77.0 Å². The summed E-state index contributed by atoms with van der Waals surface area (Å²) in [4.78, 5) is 5.49. The van der Waals surface area contributed by atoms with E-state index in [0.717, 1.165) is 49.9 Å². The van der Waals surface area contributed by atoms with E-state index in [4.69, 9.17) is 0 Å². The van der Waals surface area contributed by atoms with Crippen molar-refractivity contribution >= 4 is 164 Å². The van der Waals surface area contributed by atoms with Gasteiger partial charge in [-0.3, -0.25) is 0 Å². The van der Waals surface area contributed by atoms with E-state index in [2.05, 4.69) is 272 Å². The fourth-order valence-electron chi connectivity index (χ4n) is 15.0. The van der Waals surface area contributed by atoms with Crippen molar-refractivity contribution in [3.8, 4) is 11.4 Å². The molecule has 0 saturated carbocycles. The van der Waals surface area contributed by atoms with Gasteiger partial charge in [-0.2, -0.15) is 0 Å². The summed E-state index contributed by atoms with van der Waals surface area (Å²) < 4.78 is 10.4. The Kier molecular flexibility index (Phi) is 11.5. The molecular weight excluding hydrogens is 1070 g/mol. The molecular formula is C78H63BN4S2. The SMILES string of the molecule is CCCCc1c(N2c3cc(-n4c5ccccc5c5ccccc54)ccc3B3c4ccc(-n5c6ccccc6c6ccccc65)cc4N(c4ccc5sc6ccccc6c5c4CCCC)c4cc(C(C)(C)C)cc2c43)ccc2sc3ccccc3c12. The quantitative estimate of drug-likeness (QED) is 0.127. The largest absolute Gasteiger partial charge is 0.311 e. The van der Waals surface area contributed by atoms with Crippen molar-refractivity contribution in [2.45, 2.75) is 78.6 Å². The third-order valence-electron chi connectivity index (χ3n) is 18.9. The molecule has 4 nitrogen and oxygen atoms in total. The molecule has 2 aliphatic heterocycles. The second-order valence-electron chi connectivity index (χ2n) is 24.8. The average Bonchev–Trinajstić information content (AvgIpc) is 1.42. The first-order valence-corrected chi connectivity index (χ1v) is 32.3. The average molecular weight is 1130 g/mol. The Balaban J connectivity index is 1.02. The number of benzene rings is 11. The molecule has 0 atom stereocenters. The van der Waals surface area contributed by atoms with Gasteiger partial charge in [0.05, 0.1) is 22.1 Å². The molecule has 11 aromatic carbocycles. The highest BCUT2D eigenvalue weighted by Gasteiger charge is 2.45. The lowest BCUT2D eigenvalue weighted by molar-refractivity contribution is 0.590. The fourth-order valence-corrected chi connectivity index (χ4v) is 17.3. The van der Waals surface area contributed by atoms with Gasteiger partial charge in [0.15, 0.2) is 0 Å². The molecule has 4 aromatic heterocycles. The van der Waals surface area contributed by atoms with E-state index in [1.54, 1.807) is 0 Å². The number of thiophene rings is 2. The highest BCUT2D eigenvalue weighted by molar-refractivity contribution is 7.26. The molecule has 15 aromatic rings. The van der Waals surface area contributed by atoms with Crippen LogP contribution >= 0.6 is 22.7 Å². The minimum atomic E-state index is -0.203. The molecule has 6 heterocycles. The Hall–Kier alpha value is -8.88. The minimum Gasteiger partial charge on any atom is -0.311 e. The van der Waals surface area contributed by atoms with Gasteiger partial charge in [0.2, 0.25) is 0 Å². The van der Waals surface area contributed by atoms with Crippen LogP contribution in [0.15, 0.2) is 218 Å². The molecule has 0 saturated heterocycles. The maximum absolute atomic E-state index is 2.75. The van der Waals surface area contributed by atoms with Crippen LogP contribution in [-0.4, -0.2) is 15.8 Å². The van der Waals surface area contributed by atoms with Crippen molar-refractivity contribution < 1.29 is 0 Å². The number of hydrogen-bond donors (Lipinski definition) is 0. The fraction of sp³-hybridized carbons (Fsp3) is 0.154. The number of fused-ring (bicyclic) bond motifs is 16. The minimum absolute atomic E-state index is 0.0921. The zero-order chi connectivity index (χ0) is 56.8. The summed E-state index contributed by atoms with van der Waals surface area (Å²) in [5.74, 6) is 0. The number of hydrogen-bond acceptors (Lipinski definition) is 4. The van der Waals surface area contributed by atoms with Crippen molar-refractivity contribution in [3.63, 3.8) is 0 Å². The van der Waals surface area contributed by atoms with Gasteiger partial charge in [-0.05, 0) is 161 Å². The van der Waals surface area contributed by atoms with Crippen molar-refractivity contribution in [2.75, 3.05) is 9.80 Å². The van der Waals surface area contributed by atoms with Gasteiger partial charge >= 0.3 is 0 Å². The Labute approximate surface area is 504 Å². The first-order valence-electron chi connectivity index (χ1n) is 30.7. The summed E-state index contributed by atoms with van der Waals surface area (Å²) in [5.41, 5.74) is 22.6. The van der Waals surface area contributed by atoms with Crippen molar-refractivity contribution in [1.82, 2.24) is 9.13 Å². The summed E-state index contributed by atoms with van der Waals surface area (Å²) in [5, 5.41) is 10.6. The first-order chi connectivity index (χ1) is 41.7. The zero-order valence-electron chi connectivity index (χ0n) is 48.7. The van der Waals surface area contributed by atoms with Crippen molar-refractivity contribution in [2.24, 2.45) is 0 Å². The molecule has 0 fully saturated rings. The van der Waals surface area contributed by atoms with E-state index < -0.39 is 0 Å². The van der Waals surface area contributed by atoms with Gasteiger partial charge in [0.1, 0.15) is 0 Å². The zero-order valence-corrected chi connectivity index (χ0v) is 50.3. The van der Waals surface area contributed by atoms with Crippen LogP contribution in [0.2, 0.25) is 0 Å². The van der Waals surface area contributed by atoms with E-state index in [1.165, 1.54) is 151 Å². The lowest BCUT2D eigenvalue weighted by atomic mass is 9.33. The number of aromatic nitrogens is 2. The van der Waals surface area contributed by atoms with Gasteiger partial charge in [-0.1, -0.05) is 169 Å². The summed E-state index contributed by atoms with van der Waals surface area (Å²) >= 11 is 3.86. The third-order valence-corrected chi connectivity index (χ3v) is 21.1. The standard InChI is InChI=1S/C78H63BN4S2/c1-6-8-22-55-65(40-42-73-75(55)57-28-14-20-34-71(57)84-73)82-67-46-49(80-61-30-16-10-24-51(61)52-25-11-17-31-62(52)80)36-38-59(67)79-60-39-37-50(81-63-32-18-12-26-53(63)54-27-13-19-33-64(54)81)47-68(60)83(70-45-48(78(3,4)5)44-69(82)77(70)79)66-41-43-74-76(56(66)23-9-7-2)58-29-15-21-35-72(58)85-74/h10-21,24-47H,6-9,22-23H2,1-5H3. The van der Waals surface area contributed by atoms with Crippen LogP contribution in [0, 0.1) is 0 Å². The summed E-state index contributed by atoms with van der Waals surface area (Å²) in [6.07, 6.45) is 6.35. The maximum Gasteiger partial charge on any atom is 0.252 e. The highest BCUT2D eigenvalue weighted by atomic mass is 32.1. The predicted octanol–water partition coefficient (Wildman–Crippen LogP) is 20.7. The lowest BCUT2D eigenvalue weighted by Gasteiger charge is -2.46. The second-order valence-corrected chi connectivity index (χ2v) is 27.0. The van der Waals surface area contributed by atoms with Crippen LogP contribution in [0.5, 0.6) is 0 Å². The van der Waals surface area contributed by atoms with Gasteiger partial charge in [0, 0.05) is 107 Å². The van der Waals surface area contributed by atoms with E-state index in [9.17, 15) is 0 Å². The Morgan fingerprint density at radius 3 is 1.13 bits per heavy atom. The molecule has 7 heteroatoms. The monoisotopic (exact) mass is 1130 g/mol. The number of nitrogens with zero attached hydrogens (tertiary/aromatic N) is 4. The first kappa shape index (κ1) is 50.6. The van der Waals surface area contributed by atoms with Crippen molar-refractivity contribution in [1.29, 1.82) is 0 Å². The van der Waals surface area contributed by atoms with E-state index in [1.807, 2.05) is 22.7 Å². The van der Waals surface area contributed by atoms with Gasteiger partial charge in [-0.25, -0.2) is 0 Å². The summed E-state index contributed by atoms with van der Waals surface area (Å²) in [6.45, 7) is 11.8. The van der Waals surface area contributed by atoms with Gasteiger partial charge in [0.25, 0.3) is 6.71 Å². The molecule has 0 N–H and O–H groups in total. The second kappa shape index (κ2) is 19.3. The molecule has 0 bridgehead atoms. The number of rotatable bonds is 10. The molecule has 0 aliphatic carbocycles. The van der Waals surface area contributed by atoms with Crippen LogP contribution < -0.4 is 26.2 Å². The van der Waals surface area contributed by atoms with E-state index in [-0.39, 0.29) is 12.1 Å². The summed E-state index contributed by atoms with van der Waals surface area (Å²) in [7, 11) is 0. The molecule has 410 valence electrons. The van der Waals surface area contributed by atoms with Gasteiger partial charge in [-0.15, -0.1) is 22.7 Å². The van der Waals surface area contributed by atoms with Crippen LogP contribution in [0.3, 0.4) is 0 Å². The highest BCUT2D eigenvalue weighted by Crippen LogP contribution is 2.52. The molecule has 2 aliphatic rings. The molecule has 85 heavy (non-hydrogen) atoms. The molecule has 17 rings (SSSR count). The lowest BCUT2D eigenvalue weighted by Crippen LogP contribution is -2.61. The van der Waals surface area contributed by atoms with Crippen molar-refractivity contribution in [3.05, 3.63) is 235 Å². The Morgan fingerprint density at radius 2 is 0.741 bits per heavy atom. The smallest absolute Gasteiger partial charge is 0.252 e. The van der Waals surface area contributed by atoms with Crippen LogP contribution in [0.25, 0.3) is 95.3 Å². The van der Waals surface area contributed by atoms with Crippen LogP contribution in [-0.2, 0) is 18.3 Å². The third kappa shape index (κ3) is 7.52. The Bertz CT molecular complexity index is 4830. The Morgan fingerprint density at radius 1 is 0.365 bits per heavy atom. The number of unbranched alkanes of at least 4 members (excludes halogenated alkanes) is 2. The predicted molar refractivity (Wildman–Crippen MR) is 371 cm³/mol.